The lowest BCUT2D eigenvalue weighted by molar-refractivity contribution is -0.129. The summed E-state index contributed by atoms with van der Waals surface area (Å²) in [5.74, 6) is 0.357. The molecule has 7 heteroatoms. The average Bonchev–Trinajstić information content (AvgIpc) is 2.91. The van der Waals surface area contributed by atoms with Gasteiger partial charge in [-0.1, -0.05) is 17.7 Å². The number of nitrogens with zero attached hydrogens (tertiary/aromatic N) is 1. The molecule has 0 N–H and O–H groups in total. The number of esters is 1. The topological polar surface area (TPSA) is 47.9 Å². The van der Waals surface area contributed by atoms with Gasteiger partial charge in [-0.15, -0.1) is 0 Å². The first kappa shape index (κ1) is 17.4. The van der Waals surface area contributed by atoms with Gasteiger partial charge in [0.2, 0.25) is 5.90 Å². The molecule has 1 aliphatic rings. The Morgan fingerprint density at radius 2 is 2.08 bits per heavy atom. The maximum absolute atomic E-state index is 12.0. The van der Waals surface area contributed by atoms with Gasteiger partial charge in [0, 0.05) is 13.6 Å². The van der Waals surface area contributed by atoms with Gasteiger partial charge in [-0.05, 0) is 80.5 Å². The minimum Gasteiger partial charge on any atom is -0.495 e. The Hall–Kier alpha value is -1.38. The summed E-state index contributed by atoms with van der Waals surface area (Å²) in [4.78, 5) is 16.3. The second kappa shape index (κ2) is 7.25. The fourth-order valence-corrected chi connectivity index (χ4v) is 3.07. The smallest absolute Gasteiger partial charge is 0.363 e. The van der Waals surface area contributed by atoms with Crippen molar-refractivity contribution in [2.45, 2.75) is 0 Å². The molecule has 24 heavy (non-hydrogen) atoms. The summed E-state index contributed by atoms with van der Waals surface area (Å²) in [6.45, 7) is 0. The third-order valence-electron chi connectivity index (χ3n) is 3.27. The molecule has 3 rings (SSSR count). The Kier molecular flexibility index (Phi) is 5.27. The molecule has 2 aromatic carbocycles. The Labute approximate surface area is 165 Å². The molecule has 0 spiro atoms. The number of halogens is 3. The molecule has 0 aliphatic carbocycles. The van der Waals surface area contributed by atoms with Crippen LogP contribution in [0.25, 0.3) is 6.08 Å². The molecule has 0 radical (unpaired) electrons. The number of carbonyl (C=O) groups is 1. The molecule has 122 valence electrons. The van der Waals surface area contributed by atoms with Crippen molar-refractivity contribution in [1.29, 1.82) is 0 Å². The van der Waals surface area contributed by atoms with Gasteiger partial charge in [-0.3, -0.25) is 0 Å². The largest absolute Gasteiger partial charge is 0.495 e. The lowest BCUT2D eigenvalue weighted by Gasteiger charge is -2.03. The summed E-state index contributed by atoms with van der Waals surface area (Å²) >= 11 is 11.8. The molecule has 0 fully saturated rings. The molecule has 1 heterocycles. The number of hydrogen-bond acceptors (Lipinski definition) is 4. The van der Waals surface area contributed by atoms with Gasteiger partial charge in [0.25, 0.3) is 0 Å². The van der Waals surface area contributed by atoms with Gasteiger partial charge in [0.15, 0.2) is 5.70 Å². The van der Waals surface area contributed by atoms with Gasteiger partial charge in [-0.25, -0.2) is 9.79 Å². The third kappa shape index (κ3) is 3.65. The third-order valence-corrected chi connectivity index (χ3v) is 5.90. The molecule has 0 unspecified atom stereocenters. The molecule has 4 nitrogen and oxygen atoms in total. The van der Waals surface area contributed by atoms with Gasteiger partial charge in [-0.2, -0.15) is 0 Å². The molecule has 0 aromatic heterocycles. The molecule has 0 saturated carbocycles. The number of hydrogen-bond donors (Lipinski definition) is 0. The molecule has 2 aromatic rings. The van der Waals surface area contributed by atoms with E-state index in [1.165, 1.54) is 0 Å². The first-order valence-corrected chi connectivity index (χ1v) is 9.04. The number of cyclic esters (lactones) is 1. The maximum Gasteiger partial charge on any atom is 0.363 e. The van der Waals surface area contributed by atoms with E-state index in [2.05, 4.69) is 43.5 Å². The van der Waals surface area contributed by atoms with Crippen molar-refractivity contribution in [3.63, 3.8) is 0 Å². The number of benzene rings is 2. The van der Waals surface area contributed by atoms with E-state index in [-0.39, 0.29) is 11.6 Å². The highest BCUT2D eigenvalue weighted by molar-refractivity contribution is 14.1. The van der Waals surface area contributed by atoms with Crippen LogP contribution in [0.3, 0.4) is 0 Å². The zero-order chi connectivity index (χ0) is 17.3. The Bertz CT molecular complexity index is 895. The van der Waals surface area contributed by atoms with Crippen LogP contribution < -0.4 is 4.74 Å². The second-order valence-electron chi connectivity index (χ2n) is 4.86. The van der Waals surface area contributed by atoms with E-state index in [1.807, 2.05) is 18.2 Å². The fraction of sp³-hybridized carbons (Fsp3) is 0.0588. The van der Waals surface area contributed by atoms with Crippen LogP contribution in [0, 0.1) is 3.57 Å². The Morgan fingerprint density at radius 3 is 2.75 bits per heavy atom. The molecule has 0 amide bonds. The minimum atomic E-state index is -0.494. The van der Waals surface area contributed by atoms with Crippen LogP contribution in [-0.4, -0.2) is 19.0 Å². The van der Waals surface area contributed by atoms with E-state index < -0.39 is 5.97 Å². The quantitative estimate of drug-likeness (QED) is 0.324. The zero-order valence-corrected chi connectivity index (χ0v) is 16.8. The highest BCUT2D eigenvalue weighted by Gasteiger charge is 2.24. The van der Waals surface area contributed by atoms with Crippen molar-refractivity contribution in [2.75, 3.05) is 7.11 Å². The van der Waals surface area contributed by atoms with E-state index in [1.54, 1.807) is 31.4 Å². The number of aliphatic imine (C=N–C) groups is 1. The van der Waals surface area contributed by atoms with E-state index in [0.29, 0.717) is 10.8 Å². The van der Waals surface area contributed by atoms with Gasteiger partial charge in [0.1, 0.15) is 5.75 Å². The van der Waals surface area contributed by atoms with Crippen molar-refractivity contribution < 1.29 is 14.3 Å². The van der Waals surface area contributed by atoms with Crippen molar-refractivity contribution in [1.82, 2.24) is 0 Å². The summed E-state index contributed by atoms with van der Waals surface area (Å²) in [6.07, 6.45) is 1.63. The Balaban J connectivity index is 1.93. The summed E-state index contributed by atoms with van der Waals surface area (Å²) in [6, 6.07) is 10.9. The SMILES string of the molecule is COc1ccc(/C=C2\N=C(c3ccc(I)c(Br)c3)OC2=O)cc1Cl. The van der Waals surface area contributed by atoms with Crippen LogP contribution in [-0.2, 0) is 9.53 Å². The van der Waals surface area contributed by atoms with Gasteiger partial charge in [0.05, 0.1) is 12.1 Å². The molecule has 0 saturated heterocycles. The average molecular weight is 519 g/mol. The van der Waals surface area contributed by atoms with Crippen molar-refractivity contribution >= 4 is 68.1 Å². The van der Waals surface area contributed by atoms with Crippen LogP contribution in [0.1, 0.15) is 11.1 Å². The fourth-order valence-electron chi connectivity index (χ4n) is 2.09. The van der Waals surface area contributed by atoms with Crippen molar-refractivity contribution in [3.8, 4) is 5.75 Å². The highest BCUT2D eigenvalue weighted by Crippen LogP contribution is 2.28. The molecule has 0 bridgehead atoms. The lowest BCUT2D eigenvalue weighted by atomic mass is 10.2. The number of ether oxygens (including phenoxy) is 2. The van der Waals surface area contributed by atoms with Crippen LogP contribution in [0.5, 0.6) is 5.75 Å². The van der Waals surface area contributed by atoms with Crippen LogP contribution in [0.4, 0.5) is 0 Å². The van der Waals surface area contributed by atoms with Crippen molar-refractivity contribution in [2.24, 2.45) is 4.99 Å². The summed E-state index contributed by atoms with van der Waals surface area (Å²) in [5, 5.41) is 0.462. The molecule has 0 atom stereocenters. The maximum atomic E-state index is 12.0. The van der Waals surface area contributed by atoms with E-state index in [4.69, 9.17) is 21.1 Å². The number of carbonyl (C=O) groups excluding carboxylic acids is 1. The Morgan fingerprint density at radius 1 is 1.29 bits per heavy atom. The number of rotatable bonds is 3. The van der Waals surface area contributed by atoms with Gasteiger partial charge >= 0.3 is 5.97 Å². The number of methoxy groups -OCH3 is 1. The standard InChI is InChI=1S/C17H10BrClINO3/c1-23-15-5-2-9(6-12(15)19)7-14-17(22)24-16(21-14)10-3-4-13(20)11(18)8-10/h2-8H,1H3/b14-7-. The van der Waals surface area contributed by atoms with Crippen LogP contribution in [0.15, 0.2) is 51.6 Å². The molecule has 1 aliphatic heterocycles. The first-order chi connectivity index (χ1) is 11.5. The summed E-state index contributed by atoms with van der Waals surface area (Å²) in [7, 11) is 1.55. The second-order valence-corrected chi connectivity index (χ2v) is 7.28. The summed E-state index contributed by atoms with van der Waals surface area (Å²) < 4.78 is 12.3. The monoisotopic (exact) mass is 517 g/mol. The van der Waals surface area contributed by atoms with E-state index in [9.17, 15) is 4.79 Å². The molecular formula is C17H10BrClINO3. The summed E-state index contributed by atoms with van der Waals surface area (Å²) in [5.41, 5.74) is 1.69. The van der Waals surface area contributed by atoms with Gasteiger partial charge < -0.3 is 9.47 Å². The lowest BCUT2D eigenvalue weighted by Crippen LogP contribution is -2.05. The normalized spacial score (nSPS) is 15.4. The van der Waals surface area contributed by atoms with Crippen LogP contribution in [0.2, 0.25) is 5.02 Å². The highest BCUT2D eigenvalue weighted by atomic mass is 127. The van der Waals surface area contributed by atoms with E-state index in [0.717, 1.165) is 19.2 Å². The van der Waals surface area contributed by atoms with E-state index >= 15 is 0 Å². The molecular weight excluding hydrogens is 508 g/mol. The van der Waals surface area contributed by atoms with Crippen LogP contribution >= 0.6 is 50.1 Å². The zero-order valence-electron chi connectivity index (χ0n) is 12.3. The van der Waals surface area contributed by atoms with Crippen molar-refractivity contribution in [3.05, 3.63) is 66.3 Å². The predicted octanol–water partition coefficient (Wildman–Crippen LogP) is 5.06. The predicted molar refractivity (Wildman–Crippen MR) is 105 cm³/mol. The first-order valence-electron chi connectivity index (χ1n) is 6.79. The minimum absolute atomic E-state index is 0.223.